The number of nitrogens with zero attached hydrogens (tertiary/aromatic N) is 6. The van der Waals surface area contributed by atoms with E-state index in [2.05, 4.69) is 36.8 Å². The second-order valence-corrected chi connectivity index (χ2v) is 6.45. The lowest BCUT2D eigenvalue weighted by Crippen LogP contribution is -2.18. The molecule has 4 rings (SSSR count). The van der Waals surface area contributed by atoms with Crippen LogP contribution in [-0.2, 0) is 6.54 Å². The summed E-state index contributed by atoms with van der Waals surface area (Å²) in [6.45, 7) is 0.462. The Balaban J connectivity index is 1.55. The molecule has 0 spiro atoms. The fraction of sp³-hybridized carbons (Fsp3) is 0.143. The van der Waals surface area contributed by atoms with E-state index in [1.165, 1.54) is 12.5 Å². The quantitative estimate of drug-likeness (QED) is 0.472. The highest BCUT2D eigenvalue weighted by Gasteiger charge is 2.11. The van der Waals surface area contributed by atoms with Crippen LogP contribution in [0.5, 0.6) is 11.5 Å². The van der Waals surface area contributed by atoms with Gasteiger partial charge in [-0.05, 0) is 18.2 Å². The van der Waals surface area contributed by atoms with Crippen LogP contribution in [0.25, 0.3) is 11.0 Å². The molecule has 0 atom stereocenters. The number of carbonyl (C=O) groups is 1. The average Bonchev–Trinajstić information content (AvgIpc) is 3.21. The zero-order valence-electron chi connectivity index (χ0n) is 16.6. The molecule has 0 saturated heterocycles. The van der Waals surface area contributed by atoms with Gasteiger partial charge in [0.05, 0.1) is 30.6 Å². The lowest BCUT2D eigenvalue weighted by Gasteiger charge is -2.10. The molecule has 1 aromatic carbocycles. The number of fused-ring (bicyclic) bond motifs is 1. The number of carbonyl (C=O) groups excluding carboxylic acids is 1. The summed E-state index contributed by atoms with van der Waals surface area (Å²) in [6.07, 6.45) is 4.99. The molecular formula is C21H18N8O2. The van der Waals surface area contributed by atoms with Gasteiger partial charge >= 0.3 is 0 Å². The van der Waals surface area contributed by atoms with Gasteiger partial charge in [0.2, 0.25) is 0 Å². The van der Waals surface area contributed by atoms with E-state index >= 15 is 0 Å². The van der Waals surface area contributed by atoms with Gasteiger partial charge in [0.1, 0.15) is 29.3 Å². The van der Waals surface area contributed by atoms with Crippen molar-refractivity contribution in [1.29, 1.82) is 5.26 Å². The lowest BCUT2D eigenvalue weighted by atomic mass is 10.2. The first kappa shape index (κ1) is 19.8. The summed E-state index contributed by atoms with van der Waals surface area (Å²) in [5, 5.41) is 19.6. The van der Waals surface area contributed by atoms with Crippen LogP contribution in [0.4, 0.5) is 11.5 Å². The van der Waals surface area contributed by atoms with Crippen molar-refractivity contribution in [3.05, 3.63) is 60.8 Å². The molecule has 10 heteroatoms. The molecule has 10 nitrogen and oxygen atoms in total. The monoisotopic (exact) mass is 414 g/mol. The summed E-state index contributed by atoms with van der Waals surface area (Å²) in [5.74, 6) is 1.38. The second kappa shape index (κ2) is 8.87. The van der Waals surface area contributed by atoms with Crippen molar-refractivity contribution < 1.29 is 9.53 Å². The Morgan fingerprint density at radius 1 is 1.19 bits per heavy atom. The van der Waals surface area contributed by atoms with Crippen LogP contribution in [0.1, 0.15) is 16.9 Å². The fourth-order valence-electron chi connectivity index (χ4n) is 2.95. The molecule has 0 bridgehead atoms. The highest BCUT2D eigenvalue weighted by molar-refractivity contribution is 5.92. The van der Waals surface area contributed by atoms with Crippen molar-refractivity contribution in [1.82, 2.24) is 30.0 Å². The molecule has 4 aromatic rings. The van der Waals surface area contributed by atoms with Crippen molar-refractivity contribution in [3.63, 3.8) is 0 Å². The number of amides is 1. The minimum absolute atomic E-state index is 0.270. The molecule has 0 aliphatic rings. The van der Waals surface area contributed by atoms with Crippen LogP contribution in [-0.4, -0.2) is 37.7 Å². The summed E-state index contributed by atoms with van der Waals surface area (Å²) in [5.41, 5.74) is 1.67. The van der Waals surface area contributed by atoms with Crippen LogP contribution in [0.15, 0.2) is 55.1 Å². The molecule has 0 aliphatic heterocycles. The number of rotatable bonds is 7. The average molecular weight is 414 g/mol. The maximum Gasteiger partial charge on any atom is 0.269 e. The number of aromatic nitrogens is 5. The standard InChI is InChI=1S/C21H18N8O2/c1-23-21(30)18-11-16(6-8-24-18)31-15-5-2-4-14(10-15)28-19-17-12-27-29(9-3-7-22)20(17)26-13-25-19/h2,4-6,8,10-13H,3,9H2,1H3,(H,23,30)(H,25,26,28). The van der Waals surface area contributed by atoms with E-state index in [0.717, 1.165) is 11.1 Å². The van der Waals surface area contributed by atoms with Crippen LogP contribution < -0.4 is 15.4 Å². The van der Waals surface area contributed by atoms with E-state index in [-0.39, 0.29) is 11.6 Å². The summed E-state index contributed by atoms with van der Waals surface area (Å²) in [7, 11) is 1.55. The summed E-state index contributed by atoms with van der Waals surface area (Å²) in [4.78, 5) is 24.4. The van der Waals surface area contributed by atoms with Gasteiger partial charge in [0.25, 0.3) is 5.91 Å². The summed E-state index contributed by atoms with van der Waals surface area (Å²) < 4.78 is 7.57. The molecule has 2 N–H and O–H groups in total. The minimum Gasteiger partial charge on any atom is -0.457 e. The molecule has 0 saturated carbocycles. The number of anilines is 2. The van der Waals surface area contributed by atoms with Crippen molar-refractivity contribution >= 4 is 28.4 Å². The predicted molar refractivity (Wildman–Crippen MR) is 113 cm³/mol. The SMILES string of the molecule is CNC(=O)c1cc(Oc2cccc(Nc3ncnc4c3cnn4CCC#N)c2)ccn1. The summed E-state index contributed by atoms with van der Waals surface area (Å²) >= 11 is 0. The Morgan fingerprint density at radius 3 is 2.90 bits per heavy atom. The van der Waals surface area contributed by atoms with Gasteiger partial charge in [0.15, 0.2) is 5.65 Å². The van der Waals surface area contributed by atoms with Gasteiger partial charge in [0, 0.05) is 31.1 Å². The predicted octanol–water partition coefficient (Wildman–Crippen LogP) is 3.03. The van der Waals surface area contributed by atoms with Gasteiger partial charge in [-0.1, -0.05) is 6.07 Å². The first-order valence-electron chi connectivity index (χ1n) is 9.44. The molecule has 154 valence electrons. The van der Waals surface area contributed by atoms with Crippen molar-refractivity contribution in [2.75, 3.05) is 12.4 Å². The van der Waals surface area contributed by atoms with Gasteiger partial charge in [-0.15, -0.1) is 0 Å². The van der Waals surface area contributed by atoms with Crippen molar-refractivity contribution in [2.45, 2.75) is 13.0 Å². The molecule has 0 fully saturated rings. The van der Waals surface area contributed by atoms with E-state index in [1.54, 1.807) is 36.1 Å². The molecule has 0 unspecified atom stereocenters. The molecular weight excluding hydrogens is 396 g/mol. The molecule has 31 heavy (non-hydrogen) atoms. The highest BCUT2D eigenvalue weighted by Crippen LogP contribution is 2.27. The Morgan fingerprint density at radius 2 is 2.06 bits per heavy atom. The molecule has 3 heterocycles. The lowest BCUT2D eigenvalue weighted by molar-refractivity contribution is 0.0958. The number of hydrogen-bond donors (Lipinski definition) is 2. The third-order valence-corrected chi connectivity index (χ3v) is 4.39. The van der Waals surface area contributed by atoms with Crippen molar-refractivity contribution in [3.8, 4) is 17.6 Å². The number of aryl methyl sites for hydroxylation is 1. The number of hydrogen-bond acceptors (Lipinski definition) is 8. The van der Waals surface area contributed by atoms with Crippen LogP contribution in [0.3, 0.4) is 0 Å². The van der Waals surface area contributed by atoms with Gasteiger partial charge in [-0.25, -0.2) is 14.6 Å². The minimum atomic E-state index is -0.288. The van der Waals surface area contributed by atoms with Crippen molar-refractivity contribution in [2.24, 2.45) is 0 Å². The van der Waals surface area contributed by atoms with E-state index in [1.807, 2.05) is 18.2 Å². The van der Waals surface area contributed by atoms with E-state index in [9.17, 15) is 4.79 Å². The molecule has 0 aliphatic carbocycles. The maximum absolute atomic E-state index is 11.8. The first-order valence-corrected chi connectivity index (χ1v) is 9.44. The Kier molecular flexibility index (Phi) is 5.66. The third kappa shape index (κ3) is 4.40. The van der Waals surface area contributed by atoms with Crippen LogP contribution in [0.2, 0.25) is 0 Å². The number of nitriles is 1. The number of nitrogens with one attached hydrogen (secondary N) is 2. The topological polar surface area (TPSA) is 131 Å². The van der Waals surface area contributed by atoms with Gasteiger partial charge < -0.3 is 15.4 Å². The normalized spacial score (nSPS) is 10.5. The smallest absolute Gasteiger partial charge is 0.269 e. The molecule has 3 aromatic heterocycles. The Labute approximate surface area is 177 Å². The van der Waals surface area contributed by atoms with E-state index in [4.69, 9.17) is 10.00 Å². The zero-order chi connectivity index (χ0) is 21.6. The Hall–Kier alpha value is -4.52. The third-order valence-electron chi connectivity index (χ3n) is 4.39. The van der Waals surface area contributed by atoms with Crippen LogP contribution >= 0.6 is 0 Å². The number of benzene rings is 1. The summed E-state index contributed by atoms with van der Waals surface area (Å²) in [6, 6.07) is 12.7. The van der Waals surface area contributed by atoms with E-state index < -0.39 is 0 Å². The fourth-order valence-corrected chi connectivity index (χ4v) is 2.95. The van der Waals surface area contributed by atoms with Gasteiger partial charge in [-0.3, -0.25) is 9.78 Å². The van der Waals surface area contributed by atoms with Gasteiger partial charge in [-0.2, -0.15) is 10.4 Å². The molecule has 1 amide bonds. The highest BCUT2D eigenvalue weighted by atomic mass is 16.5. The van der Waals surface area contributed by atoms with E-state index in [0.29, 0.717) is 35.9 Å². The largest absolute Gasteiger partial charge is 0.457 e. The first-order chi connectivity index (χ1) is 15.2. The number of ether oxygens (including phenoxy) is 1. The molecule has 0 radical (unpaired) electrons. The number of pyridine rings is 1. The zero-order valence-corrected chi connectivity index (χ0v) is 16.6. The second-order valence-electron chi connectivity index (χ2n) is 6.45. The van der Waals surface area contributed by atoms with Crippen LogP contribution in [0, 0.1) is 11.3 Å². The maximum atomic E-state index is 11.8. The Bertz CT molecular complexity index is 1280.